The zero-order chi connectivity index (χ0) is 11.3. The Morgan fingerprint density at radius 1 is 1.25 bits per heavy atom. The lowest BCUT2D eigenvalue weighted by atomic mass is 10.1. The molecule has 4 heteroatoms. The second kappa shape index (κ2) is 7.47. The summed E-state index contributed by atoms with van der Waals surface area (Å²) in [5.41, 5.74) is 6.72. The van der Waals surface area contributed by atoms with Crippen LogP contribution in [-0.4, -0.2) is 12.8 Å². The van der Waals surface area contributed by atoms with Gasteiger partial charge in [0.15, 0.2) is 0 Å². The van der Waals surface area contributed by atoms with E-state index < -0.39 is 0 Å². The van der Waals surface area contributed by atoms with Crippen molar-refractivity contribution in [2.75, 3.05) is 6.67 Å². The highest BCUT2D eigenvalue weighted by Crippen LogP contribution is 2.19. The largest absolute Gasteiger partial charge is 0.491 e. The molecule has 1 aromatic rings. The van der Waals surface area contributed by atoms with Crippen LogP contribution < -0.4 is 10.5 Å². The fourth-order valence-corrected chi connectivity index (χ4v) is 1.35. The normalized spacial score (nSPS) is 12.1. The van der Waals surface area contributed by atoms with Crippen LogP contribution in [0.25, 0.3) is 0 Å². The quantitative estimate of drug-likeness (QED) is 0.867. The van der Waals surface area contributed by atoms with Crippen LogP contribution in [0.15, 0.2) is 24.3 Å². The van der Waals surface area contributed by atoms with Crippen molar-refractivity contribution < 1.29 is 9.13 Å². The van der Waals surface area contributed by atoms with Gasteiger partial charge in [-0.05, 0) is 38.0 Å². The summed E-state index contributed by atoms with van der Waals surface area (Å²) in [6.45, 7) is 3.57. The standard InChI is InChI=1S/C12H18FNO.ClH/c1-9(2)15-11-5-3-10(4-6-11)12(14)7-8-13;/h3-6,9,12H,7-8,14H2,1-2H3;1H/t12-;/m0./s1. The SMILES string of the molecule is CC(C)Oc1ccc([C@@H](N)CCF)cc1.Cl. The third-order valence-corrected chi connectivity index (χ3v) is 2.10. The minimum absolute atomic E-state index is 0. The first-order chi connectivity index (χ1) is 7.13. The van der Waals surface area contributed by atoms with Gasteiger partial charge in [-0.1, -0.05) is 12.1 Å². The Bertz CT molecular complexity index is 290. The third kappa shape index (κ3) is 4.81. The van der Waals surface area contributed by atoms with Crippen molar-refractivity contribution in [3.8, 4) is 5.75 Å². The predicted octanol–water partition coefficient (Wildman–Crippen LogP) is 3.26. The van der Waals surface area contributed by atoms with Crippen molar-refractivity contribution in [2.45, 2.75) is 32.4 Å². The second-order valence-corrected chi connectivity index (χ2v) is 3.82. The molecule has 0 aliphatic heterocycles. The molecule has 0 aliphatic carbocycles. The minimum atomic E-state index is -0.384. The summed E-state index contributed by atoms with van der Waals surface area (Å²) in [6.07, 6.45) is 0.528. The maximum absolute atomic E-state index is 12.1. The molecular formula is C12H19ClFNO. The fraction of sp³-hybridized carbons (Fsp3) is 0.500. The van der Waals surface area contributed by atoms with Crippen LogP contribution in [0.3, 0.4) is 0 Å². The first-order valence-corrected chi connectivity index (χ1v) is 5.21. The van der Waals surface area contributed by atoms with E-state index >= 15 is 0 Å². The zero-order valence-corrected chi connectivity index (χ0v) is 10.5. The molecule has 92 valence electrons. The monoisotopic (exact) mass is 247 g/mol. The lowest BCUT2D eigenvalue weighted by Crippen LogP contribution is -2.11. The highest BCUT2D eigenvalue weighted by atomic mass is 35.5. The zero-order valence-electron chi connectivity index (χ0n) is 9.65. The van der Waals surface area contributed by atoms with Crippen molar-refractivity contribution in [1.29, 1.82) is 0 Å². The van der Waals surface area contributed by atoms with Gasteiger partial charge in [-0.3, -0.25) is 4.39 Å². The molecule has 2 N–H and O–H groups in total. The molecule has 1 atom stereocenters. The number of nitrogens with two attached hydrogens (primary N) is 1. The minimum Gasteiger partial charge on any atom is -0.491 e. The summed E-state index contributed by atoms with van der Waals surface area (Å²) < 4.78 is 17.6. The molecular weight excluding hydrogens is 229 g/mol. The smallest absolute Gasteiger partial charge is 0.119 e. The van der Waals surface area contributed by atoms with E-state index in [2.05, 4.69) is 0 Å². The van der Waals surface area contributed by atoms with Crippen molar-refractivity contribution in [2.24, 2.45) is 5.73 Å². The number of halogens is 2. The molecule has 1 rings (SSSR count). The Balaban J connectivity index is 0.00000225. The molecule has 2 nitrogen and oxygen atoms in total. The first-order valence-electron chi connectivity index (χ1n) is 5.21. The second-order valence-electron chi connectivity index (χ2n) is 3.82. The maximum atomic E-state index is 12.1. The van der Waals surface area contributed by atoms with Gasteiger partial charge in [0.2, 0.25) is 0 Å². The van der Waals surface area contributed by atoms with E-state index in [0.29, 0.717) is 6.42 Å². The average molecular weight is 248 g/mol. The molecule has 0 unspecified atom stereocenters. The molecule has 0 bridgehead atoms. The van der Waals surface area contributed by atoms with E-state index in [0.717, 1.165) is 11.3 Å². The first kappa shape index (κ1) is 15.2. The predicted molar refractivity (Wildman–Crippen MR) is 67.0 cm³/mol. The van der Waals surface area contributed by atoms with Crippen LogP contribution >= 0.6 is 12.4 Å². The molecule has 0 aliphatic rings. The lowest BCUT2D eigenvalue weighted by Gasteiger charge is -2.12. The fourth-order valence-electron chi connectivity index (χ4n) is 1.35. The third-order valence-electron chi connectivity index (χ3n) is 2.10. The summed E-state index contributed by atoms with van der Waals surface area (Å²) in [6, 6.07) is 7.29. The molecule has 1 aromatic carbocycles. The van der Waals surface area contributed by atoms with Gasteiger partial charge in [-0.15, -0.1) is 12.4 Å². The van der Waals surface area contributed by atoms with Gasteiger partial charge in [0, 0.05) is 6.04 Å². The van der Waals surface area contributed by atoms with Crippen LogP contribution in [0.5, 0.6) is 5.75 Å². The molecule has 16 heavy (non-hydrogen) atoms. The Morgan fingerprint density at radius 3 is 2.25 bits per heavy atom. The van der Waals surface area contributed by atoms with E-state index in [9.17, 15) is 4.39 Å². The van der Waals surface area contributed by atoms with Crippen molar-refractivity contribution >= 4 is 12.4 Å². The highest BCUT2D eigenvalue weighted by Gasteiger charge is 2.05. The Kier molecular flexibility index (Phi) is 7.10. The number of rotatable bonds is 5. The Hall–Kier alpha value is -0.800. The summed E-state index contributed by atoms with van der Waals surface area (Å²) in [5.74, 6) is 0.821. The number of benzene rings is 1. The molecule has 0 amide bonds. The van der Waals surface area contributed by atoms with Crippen LogP contribution in [0, 0.1) is 0 Å². The number of ether oxygens (including phenoxy) is 1. The van der Waals surface area contributed by atoms with Crippen LogP contribution in [0.2, 0.25) is 0 Å². The van der Waals surface area contributed by atoms with E-state index in [1.807, 2.05) is 38.1 Å². The van der Waals surface area contributed by atoms with Gasteiger partial charge >= 0.3 is 0 Å². The Labute approximate surface area is 102 Å². The molecule has 0 saturated heterocycles. The van der Waals surface area contributed by atoms with Crippen LogP contribution in [-0.2, 0) is 0 Å². The molecule has 0 aromatic heterocycles. The molecule has 0 radical (unpaired) electrons. The summed E-state index contributed by atoms with van der Waals surface area (Å²) in [4.78, 5) is 0. The number of alkyl halides is 1. The van der Waals surface area contributed by atoms with E-state index in [1.54, 1.807) is 0 Å². The maximum Gasteiger partial charge on any atom is 0.119 e. The summed E-state index contributed by atoms with van der Waals surface area (Å²) in [7, 11) is 0. The van der Waals surface area contributed by atoms with Crippen LogP contribution in [0.4, 0.5) is 4.39 Å². The molecule has 0 heterocycles. The summed E-state index contributed by atoms with van der Waals surface area (Å²) in [5, 5.41) is 0. The molecule has 0 spiro atoms. The van der Waals surface area contributed by atoms with Gasteiger partial charge in [-0.2, -0.15) is 0 Å². The van der Waals surface area contributed by atoms with Gasteiger partial charge in [0.25, 0.3) is 0 Å². The van der Waals surface area contributed by atoms with Gasteiger partial charge < -0.3 is 10.5 Å². The topological polar surface area (TPSA) is 35.2 Å². The Morgan fingerprint density at radius 2 is 1.81 bits per heavy atom. The molecule has 0 saturated carbocycles. The van der Waals surface area contributed by atoms with Crippen molar-refractivity contribution in [3.63, 3.8) is 0 Å². The summed E-state index contributed by atoms with van der Waals surface area (Å²) >= 11 is 0. The van der Waals surface area contributed by atoms with E-state index in [4.69, 9.17) is 10.5 Å². The highest BCUT2D eigenvalue weighted by molar-refractivity contribution is 5.85. The lowest BCUT2D eigenvalue weighted by molar-refractivity contribution is 0.242. The van der Waals surface area contributed by atoms with Crippen molar-refractivity contribution in [1.82, 2.24) is 0 Å². The number of hydrogen-bond acceptors (Lipinski definition) is 2. The van der Waals surface area contributed by atoms with Crippen LogP contribution in [0.1, 0.15) is 31.9 Å². The van der Waals surface area contributed by atoms with E-state index in [1.165, 1.54) is 0 Å². The number of hydrogen-bond donors (Lipinski definition) is 1. The average Bonchev–Trinajstić information content (AvgIpc) is 2.18. The van der Waals surface area contributed by atoms with Gasteiger partial charge in [-0.25, -0.2) is 0 Å². The van der Waals surface area contributed by atoms with Gasteiger partial charge in [0.05, 0.1) is 12.8 Å². The molecule has 0 fully saturated rings. The van der Waals surface area contributed by atoms with Gasteiger partial charge in [0.1, 0.15) is 5.75 Å². The van der Waals surface area contributed by atoms with Crippen molar-refractivity contribution in [3.05, 3.63) is 29.8 Å². The van der Waals surface area contributed by atoms with E-state index in [-0.39, 0.29) is 31.2 Å².